The fourth-order valence-corrected chi connectivity index (χ4v) is 2.46. The quantitative estimate of drug-likeness (QED) is 0.479. The van der Waals surface area contributed by atoms with E-state index in [2.05, 4.69) is 0 Å². The van der Waals surface area contributed by atoms with Gasteiger partial charge < -0.3 is 9.64 Å². The molecule has 2 rings (SSSR count). The number of nitrogens with zero attached hydrogens (tertiary/aromatic N) is 2. The predicted octanol–water partition coefficient (Wildman–Crippen LogP) is 1.82. The molecule has 1 amide bonds. The Morgan fingerprint density at radius 2 is 2.24 bits per heavy atom. The number of esters is 1. The maximum atomic E-state index is 12.1. The van der Waals surface area contributed by atoms with Crippen molar-refractivity contribution in [3.63, 3.8) is 0 Å². The molecule has 7 heteroatoms. The number of carbonyl (C=O) groups excluding carboxylic acids is 2. The molecule has 0 N–H and O–H groups in total. The van der Waals surface area contributed by atoms with Crippen molar-refractivity contribution in [2.24, 2.45) is 5.92 Å². The average Bonchev–Trinajstić information content (AvgIpc) is 2.81. The number of hydrogen-bond acceptors (Lipinski definition) is 5. The molecule has 7 nitrogen and oxygen atoms in total. The summed E-state index contributed by atoms with van der Waals surface area (Å²) in [4.78, 5) is 35.7. The van der Waals surface area contributed by atoms with E-state index in [4.69, 9.17) is 4.74 Å². The lowest BCUT2D eigenvalue weighted by Crippen LogP contribution is -2.27. The normalized spacial score (nSPS) is 17.9. The van der Waals surface area contributed by atoms with Crippen molar-refractivity contribution in [3.8, 4) is 0 Å². The van der Waals surface area contributed by atoms with Crippen LogP contribution in [-0.4, -0.2) is 30.0 Å². The molecule has 0 aromatic heterocycles. The van der Waals surface area contributed by atoms with E-state index in [0.717, 1.165) is 0 Å². The molecule has 1 aliphatic heterocycles. The number of rotatable bonds is 4. The van der Waals surface area contributed by atoms with E-state index in [-0.39, 0.29) is 31.2 Å². The molecule has 1 aromatic carbocycles. The van der Waals surface area contributed by atoms with Crippen LogP contribution in [0.1, 0.15) is 18.9 Å². The minimum atomic E-state index is -0.517. The van der Waals surface area contributed by atoms with Crippen molar-refractivity contribution in [3.05, 3.63) is 33.9 Å². The Morgan fingerprint density at radius 1 is 1.52 bits per heavy atom. The van der Waals surface area contributed by atoms with Crippen LogP contribution in [0.15, 0.2) is 18.2 Å². The van der Waals surface area contributed by atoms with Gasteiger partial charge in [0.25, 0.3) is 5.69 Å². The van der Waals surface area contributed by atoms with E-state index in [0.29, 0.717) is 11.3 Å². The number of ether oxygens (including phenoxy) is 1. The molecule has 1 saturated heterocycles. The molecule has 0 spiro atoms. The predicted molar refractivity (Wildman–Crippen MR) is 74.9 cm³/mol. The molecule has 1 atom stereocenters. The molecular formula is C14H16N2O5. The Hall–Kier alpha value is -2.44. The second kappa shape index (κ2) is 5.90. The van der Waals surface area contributed by atoms with Crippen molar-refractivity contribution in [1.29, 1.82) is 0 Å². The van der Waals surface area contributed by atoms with Gasteiger partial charge in [0.05, 0.1) is 28.7 Å². The van der Waals surface area contributed by atoms with Gasteiger partial charge >= 0.3 is 5.97 Å². The highest BCUT2D eigenvalue weighted by Crippen LogP contribution is 2.32. The highest BCUT2D eigenvalue weighted by molar-refractivity contribution is 6.00. The molecule has 0 bridgehead atoms. The van der Waals surface area contributed by atoms with Crippen molar-refractivity contribution >= 4 is 23.3 Å². The molecule has 112 valence electrons. The summed E-state index contributed by atoms with van der Waals surface area (Å²) in [5, 5.41) is 11.0. The summed E-state index contributed by atoms with van der Waals surface area (Å²) in [6, 6.07) is 4.57. The van der Waals surface area contributed by atoms with E-state index in [1.54, 1.807) is 19.9 Å². The summed E-state index contributed by atoms with van der Waals surface area (Å²) < 4.78 is 4.92. The van der Waals surface area contributed by atoms with Crippen LogP contribution in [-0.2, 0) is 14.3 Å². The number of nitro benzene ring substituents is 1. The molecule has 1 heterocycles. The van der Waals surface area contributed by atoms with Gasteiger partial charge in [-0.2, -0.15) is 0 Å². The molecule has 1 aliphatic rings. The highest BCUT2D eigenvalue weighted by atomic mass is 16.6. The summed E-state index contributed by atoms with van der Waals surface area (Å²) in [6.45, 7) is 3.76. The molecule has 0 unspecified atom stereocenters. The van der Waals surface area contributed by atoms with Crippen molar-refractivity contribution in [2.45, 2.75) is 20.3 Å². The number of nitro groups is 1. The fourth-order valence-electron chi connectivity index (χ4n) is 2.46. The van der Waals surface area contributed by atoms with Crippen LogP contribution in [0, 0.1) is 23.0 Å². The first kappa shape index (κ1) is 15.0. The lowest BCUT2D eigenvalue weighted by atomic mass is 10.1. The van der Waals surface area contributed by atoms with Gasteiger partial charge in [0.2, 0.25) is 5.91 Å². The van der Waals surface area contributed by atoms with Gasteiger partial charge in [-0.05, 0) is 19.9 Å². The SMILES string of the molecule is CCOC(=O)[C@H]1CC(=O)N(c2cccc([N+](=O)[O-])c2C)C1. The smallest absolute Gasteiger partial charge is 0.311 e. The van der Waals surface area contributed by atoms with E-state index < -0.39 is 16.8 Å². The Kier molecular flexibility index (Phi) is 4.21. The number of carbonyl (C=O) groups is 2. The maximum Gasteiger partial charge on any atom is 0.311 e. The molecule has 0 aliphatic carbocycles. The third-order valence-corrected chi connectivity index (χ3v) is 3.51. The first-order valence-corrected chi connectivity index (χ1v) is 6.66. The molecule has 21 heavy (non-hydrogen) atoms. The standard InChI is InChI=1S/C14H16N2O5/c1-3-21-14(18)10-7-13(17)15(8-10)11-5-4-6-12(9(11)2)16(19)20/h4-6,10H,3,7-8H2,1-2H3/t10-/m0/s1. The molecule has 1 aromatic rings. The van der Waals surface area contributed by atoms with Crippen LogP contribution < -0.4 is 4.90 Å². The minimum absolute atomic E-state index is 0.0418. The lowest BCUT2D eigenvalue weighted by molar-refractivity contribution is -0.385. The second-order valence-corrected chi connectivity index (χ2v) is 4.84. The van der Waals surface area contributed by atoms with Crippen molar-refractivity contribution < 1.29 is 19.2 Å². The molecule has 0 radical (unpaired) electrons. The van der Waals surface area contributed by atoms with Crippen LogP contribution in [0.4, 0.5) is 11.4 Å². The number of benzene rings is 1. The fraction of sp³-hybridized carbons (Fsp3) is 0.429. The monoisotopic (exact) mass is 292 g/mol. The molecule has 0 saturated carbocycles. The van der Waals surface area contributed by atoms with Crippen LogP contribution in [0.5, 0.6) is 0 Å². The Morgan fingerprint density at radius 3 is 2.86 bits per heavy atom. The topological polar surface area (TPSA) is 89.8 Å². The van der Waals surface area contributed by atoms with Gasteiger partial charge in [-0.1, -0.05) is 6.07 Å². The number of hydrogen-bond donors (Lipinski definition) is 0. The van der Waals surface area contributed by atoms with E-state index >= 15 is 0 Å². The van der Waals surface area contributed by atoms with Crippen LogP contribution in [0.2, 0.25) is 0 Å². The lowest BCUT2D eigenvalue weighted by Gasteiger charge is -2.18. The second-order valence-electron chi connectivity index (χ2n) is 4.84. The Bertz CT molecular complexity index is 599. The highest BCUT2D eigenvalue weighted by Gasteiger charge is 2.37. The first-order valence-electron chi connectivity index (χ1n) is 6.66. The van der Waals surface area contributed by atoms with E-state index in [1.807, 2.05) is 0 Å². The van der Waals surface area contributed by atoms with Gasteiger partial charge in [0.1, 0.15) is 0 Å². The zero-order chi connectivity index (χ0) is 15.6. The van der Waals surface area contributed by atoms with Gasteiger partial charge in [-0.15, -0.1) is 0 Å². The summed E-state index contributed by atoms with van der Waals surface area (Å²) in [5.41, 5.74) is 0.848. The van der Waals surface area contributed by atoms with Crippen molar-refractivity contribution in [1.82, 2.24) is 0 Å². The van der Waals surface area contributed by atoms with Gasteiger partial charge in [-0.3, -0.25) is 19.7 Å². The van der Waals surface area contributed by atoms with Crippen LogP contribution >= 0.6 is 0 Å². The van der Waals surface area contributed by atoms with Crippen molar-refractivity contribution in [2.75, 3.05) is 18.1 Å². The third kappa shape index (κ3) is 2.86. The van der Waals surface area contributed by atoms with Crippen LogP contribution in [0.3, 0.4) is 0 Å². The number of anilines is 1. The molecular weight excluding hydrogens is 276 g/mol. The first-order chi connectivity index (χ1) is 9.95. The molecule has 1 fully saturated rings. The van der Waals surface area contributed by atoms with Gasteiger partial charge in [-0.25, -0.2) is 0 Å². The summed E-state index contributed by atoms with van der Waals surface area (Å²) >= 11 is 0. The van der Waals surface area contributed by atoms with Gasteiger partial charge in [0.15, 0.2) is 0 Å². The van der Waals surface area contributed by atoms with E-state index in [9.17, 15) is 19.7 Å². The summed E-state index contributed by atoms with van der Waals surface area (Å²) in [5.74, 6) is -1.15. The minimum Gasteiger partial charge on any atom is -0.466 e. The number of amides is 1. The van der Waals surface area contributed by atoms with Gasteiger partial charge in [0, 0.05) is 19.0 Å². The Labute approximate surface area is 121 Å². The average molecular weight is 292 g/mol. The third-order valence-electron chi connectivity index (χ3n) is 3.51. The van der Waals surface area contributed by atoms with Crippen LogP contribution in [0.25, 0.3) is 0 Å². The summed E-state index contributed by atoms with van der Waals surface area (Å²) in [6.07, 6.45) is 0.0704. The zero-order valence-electron chi connectivity index (χ0n) is 11.9. The zero-order valence-corrected chi connectivity index (χ0v) is 11.9. The largest absolute Gasteiger partial charge is 0.466 e. The van der Waals surface area contributed by atoms with E-state index in [1.165, 1.54) is 17.0 Å². The maximum absolute atomic E-state index is 12.1. The summed E-state index contributed by atoms with van der Waals surface area (Å²) in [7, 11) is 0. The Balaban J connectivity index is 2.27.